The smallest absolute Gasteiger partial charge is 0.408 e. The van der Waals surface area contributed by atoms with E-state index >= 15 is 0 Å². The normalized spacial score (nSPS) is 12.3. The summed E-state index contributed by atoms with van der Waals surface area (Å²) in [6.07, 6.45) is 1.25. The fraction of sp³-hybridized carbons (Fsp3) is 0.273. The quantitative estimate of drug-likeness (QED) is 0.302. The fourth-order valence-corrected chi connectivity index (χ4v) is 4.82. The lowest BCUT2D eigenvalue weighted by Crippen LogP contribution is -2.32. The van der Waals surface area contributed by atoms with E-state index in [0.29, 0.717) is 19.3 Å². The largest absolute Gasteiger partial charge is 0.445 e. The third kappa shape index (κ3) is 8.86. The van der Waals surface area contributed by atoms with E-state index in [4.69, 9.17) is 14.9 Å². The van der Waals surface area contributed by atoms with E-state index in [1.165, 1.54) is 11.3 Å². The van der Waals surface area contributed by atoms with Crippen molar-refractivity contribution >= 4 is 43.6 Å². The number of nitrogens with zero attached hydrogens (tertiary/aromatic N) is 1. The van der Waals surface area contributed by atoms with Gasteiger partial charge in [-0.05, 0) is 37.0 Å². The van der Waals surface area contributed by atoms with Crippen LogP contribution in [0.4, 0.5) is 4.79 Å². The molecule has 0 aliphatic rings. The molecule has 3 aromatic rings. The standard InChI is InChI=1S/C22H25BrN4O4S2/c23-18-10-6-9-17(13-18)20-15-32-21(26-20)19(11-4-5-12-25-33(24,29)30)27-22(28)31-14-16-7-2-1-3-8-16/h1-3,6-10,13,15,19,25H,4-5,11-12,14H2,(H,27,28)(H2,24,29,30)/t19-/m0/s1. The molecular weight excluding hydrogens is 528 g/mol. The number of nitrogens with two attached hydrogens (primary N) is 1. The van der Waals surface area contributed by atoms with Crippen LogP contribution < -0.4 is 15.2 Å². The van der Waals surface area contributed by atoms with Gasteiger partial charge in [0.25, 0.3) is 10.2 Å². The Bertz CT molecular complexity index is 1160. The van der Waals surface area contributed by atoms with Crippen molar-refractivity contribution in [1.29, 1.82) is 0 Å². The zero-order valence-corrected chi connectivity index (χ0v) is 21.0. The first kappa shape index (κ1) is 25.3. The van der Waals surface area contributed by atoms with Crippen LogP contribution in [-0.2, 0) is 21.6 Å². The minimum absolute atomic E-state index is 0.166. The zero-order valence-electron chi connectivity index (χ0n) is 17.7. The molecule has 0 fully saturated rings. The molecule has 1 amide bonds. The number of rotatable bonds is 11. The third-order valence-corrected chi connectivity index (χ3v) is 6.73. The van der Waals surface area contributed by atoms with Crippen molar-refractivity contribution in [2.24, 2.45) is 5.14 Å². The minimum atomic E-state index is -3.71. The van der Waals surface area contributed by atoms with Crippen LogP contribution in [0.25, 0.3) is 11.3 Å². The van der Waals surface area contributed by atoms with Crippen molar-refractivity contribution in [2.45, 2.75) is 31.9 Å². The number of halogens is 1. The lowest BCUT2D eigenvalue weighted by molar-refractivity contribution is 0.135. The number of carbonyl (C=O) groups excluding carboxylic acids is 1. The maximum absolute atomic E-state index is 12.5. The first-order chi connectivity index (χ1) is 15.8. The number of ether oxygens (including phenoxy) is 1. The lowest BCUT2D eigenvalue weighted by Gasteiger charge is -2.16. The Morgan fingerprint density at radius 2 is 1.94 bits per heavy atom. The van der Waals surface area contributed by atoms with Gasteiger partial charge in [-0.15, -0.1) is 11.3 Å². The van der Waals surface area contributed by atoms with E-state index in [2.05, 4.69) is 26.0 Å². The number of hydrogen-bond acceptors (Lipinski definition) is 6. The average molecular weight is 554 g/mol. The molecule has 0 aliphatic heterocycles. The molecule has 176 valence electrons. The average Bonchev–Trinajstić information content (AvgIpc) is 3.27. The molecule has 0 unspecified atom stereocenters. The third-order valence-electron chi connectivity index (χ3n) is 4.67. The summed E-state index contributed by atoms with van der Waals surface area (Å²) >= 11 is 4.93. The van der Waals surface area contributed by atoms with Crippen LogP contribution in [0.3, 0.4) is 0 Å². The van der Waals surface area contributed by atoms with Gasteiger partial charge < -0.3 is 10.1 Å². The number of hydrogen-bond donors (Lipinski definition) is 3. The van der Waals surface area contributed by atoms with E-state index in [1.807, 2.05) is 60.0 Å². The van der Waals surface area contributed by atoms with Gasteiger partial charge in [0.15, 0.2) is 0 Å². The number of unbranched alkanes of at least 4 members (excludes halogenated alkanes) is 1. The van der Waals surface area contributed by atoms with Gasteiger partial charge in [-0.25, -0.2) is 19.6 Å². The molecule has 1 heterocycles. The summed E-state index contributed by atoms with van der Waals surface area (Å²) in [5.41, 5.74) is 2.68. The van der Waals surface area contributed by atoms with E-state index in [9.17, 15) is 13.2 Å². The number of amides is 1. The van der Waals surface area contributed by atoms with Crippen molar-refractivity contribution < 1.29 is 17.9 Å². The van der Waals surface area contributed by atoms with E-state index in [0.717, 1.165) is 26.3 Å². The second-order valence-electron chi connectivity index (χ2n) is 7.28. The van der Waals surface area contributed by atoms with Gasteiger partial charge in [0.2, 0.25) is 0 Å². The van der Waals surface area contributed by atoms with Gasteiger partial charge in [-0.1, -0.05) is 58.4 Å². The summed E-state index contributed by atoms with van der Waals surface area (Å²) in [5, 5.41) is 10.6. The van der Waals surface area contributed by atoms with Crippen molar-refractivity contribution in [3.05, 3.63) is 75.0 Å². The highest BCUT2D eigenvalue weighted by Gasteiger charge is 2.19. The summed E-state index contributed by atoms with van der Waals surface area (Å²) in [7, 11) is -3.71. The highest BCUT2D eigenvalue weighted by Crippen LogP contribution is 2.29. The summed E-state index contributed by atoms with van der Waals surface area (Å²) < 4.78 is 30.6. The van der Waals surface area contributed by atoms with Crippen LogP contribution in [0.15, 0.2) is 64.5 Å². The van der Waals surface area contributed by atoms with Crippen LogP contribution in [0.5, 0.6) is 0 Å². The van der Waals surface area contributed by atoms with Crippen molar-refractivity contribution in [2.75, 3.05) is 6.54 Å². The highest BCUT2D eigenvalue weighted by molar-refractivity contribution is 9.10. The highest BCUT2D eigenvalue weighted by atomic mass is 79.9. The second kappa shape index (κ2) is 12.2. The first-order valence-electron chi connectivity index (χ1n) is 10.3. The van der Waals surface area contributed by atoms with E-state index in [1.54, 1.807) is 0 Å². The van der Waals surface area contributed by atoms with Crippen molar-refractivity contribution in [1.82, 2.24) is 15.0 Å². The van der Waals surface area contributed by atoms with Crippen molar-refractivity contribution in [3.63, 3.8) is 0 Å². The van der Waals surface area contributed by atoms with Gasteiger partial charge in [0.1, 0.15) is 11.6 Å². The Kier molecular flexibility index (Phi) is 9.39. The maximum Gasteiger partial charge on any atom is 0.408 e. The molecule has 4 N–H and O–H groups in total. The number of alkyl carbamates (subject to hydrolysis) is 1. The number of benzene rings is 2. The van der Waals surface area contributed by atoms with Gasteiger partial charge in [-0.2, -0.15) is 8.42 Å². The summed E-state index contributed by atoms with van der Waals surface area (Å²) in [5.74, 6) is 0. The summed E-state index contributed by atoms with van der Waals surface area (Å²) in [6.45, 7) is 0.393. The molecule has 0 spiro atoms. The van der Waals surface area contributed by atoms with Crippen LogP contribution in [0, 0.1) is 0 Å². The molecule has 11 heteroatoms. The van der Waals surface area contributed by atoms with Crippen molar-refractivity contribution in [3.8, 4) is 11.3 Å². The van der Waals surface area contributed by atoms with Crippen LogP contribution >= 0.6 is 27.3 Å². The Balaban J connectivity index is 1.65. The number of nitrogens with one attached hydrogen (secondary N) is 2. The predicted octanol–water partition coefficient (Wildman–Crippen LogP) is 4.50. The predicted molar refractivity (Wildman–Crippen MR) is 133 cm³/mol. The van der Waals surface area contributed by atoms with Crippen LogP contribution in [0.2, 0.25) is 0 Å². The summed E-state index contributed by atoms with van der Waals surface area (Å²) in [6, 6.07) is 16.9. The SMILES string of the molecule is NS(=O)(=O)NCCCC[C@H](NC(=O)OCc1ccccc1)c1nc(-c2cccc(Br)c2)cs1. The Morgan fingerprint density at radius 1 is 1.15 bits per heavy atom. The topological polar surface area (TPSA) is 123 Å². The molecule has 1 aromatic heterocycles. The molecular formula is C22H25BrN4O4S2. The molecule has 33 heavy (non-hydrogen) atoms. The molecule has 0 aliphatic carbocycles. The van der Waals surface area contributed by atoms with Gasteiger partial charge in [0.05, 0.1) is 11.7 Å². The molecule has 0 saturated heterocycles. The fourth-order valence-electron chi connectivity index (χ4n) is 3.08. The van der Waals surface area contributed by atoms with E-state index in [-0.39, 0.29) is 19.2 Å². The summed E-state index contributed by atoms with van der Waals surface area (Å²) in [4.78, 5) is 17.2. The second-order valence-corrected chi connectivity index (χ2v) is 10.5. The number of carbonyl (C=O) groups is 1. The minimum Gasteiger partial charge on any atom is -0.445 e. The van der Waals surface area contributed by atoms with Crippen LogP contribution in [0.1, 0.15) is 35.9 Å². The molecule has 0 saturated carbocycles. The van der Waals surface area contributed by atoms with Gasteiger partial charge in [-0.3, -0.25) is 0 Å². The molecule has 1 atom stereocenters. The Labute approximate surface area is 205 Å². The molecule has 2 aromatic carbocycles. The molecule has 0 bridgehead atoms. The number of aromatic nitrogens is 1. The number of thiazole rings is 1. The van der Waals surface area contributed by atoms with E-state index < -0.39 is 16.3 Å². The maximum atomic E-state index is 12.5. The lowest BCUT2D eigenvalue weighted by atomic mass is 10.1. The molecule has 0 radical (unpaired) electrons. The first-order valence-corrected chi connectivity index (χ1v) is 13.5. The Hall–Kier alpha value is -2.31. The van der Waals surface area contributed by atoms with Gasteiger partial charge in [0, 0.05) is 22.0 Å². The monoisotopic (exact) mass is 552 g/mol. The molecule has 3 rings (SSSR count). The van der Waals surface area contributed by atoms with Crippen LogP contribution in [-0.4, -0.2) is 26.0 Å². The Morgan fingerprint density at radius 3 is 2.67 bits per heavy atom. The zero-order chi connectivity index (χ0) is 23.7. The molecule has 8 nitrogen and oxygen atoms in total. The van der Waals surface area contributed by atoms with Gasteiger partial charge >= 0.3 is 6.09 Å².